The molecule has 0 fully saturated rings. The first-order valence-corrected chi connectivity index (χ1v) is 4.98. The van der Waals surface area contributed by atoms with Gasteiger partial charge in [-0.15, -0.1) is 0 Å². The summed E-state index contributed by atoms with van der Waals surface area (Å²) >= 11 is 0. The molecule has 0 aliphatic heterocycles. The van der Waals surface area contributed by atoms with Crippen LogP contribution >= 0.6 is 0 Å². The van der Waals surface area contributed by atoms with Crippen LogP contribution in [0.25, 0.3) is 0 Å². The van der Waals surface area contributed by atoms with E-state index < -0.39 is 0 Å². The minimum absolute atomic E-state index is 0.161. The van der Waals surface area contributed by atoms with Gasteiger partial charge >= 0.3 is 0 Å². The van der Waals surface area contributed by atoms with Gasteiger partial charge in [-0.25, -0.2) is 0 Å². The Morgan fingerprint density at radius 2 is 1.92 bits per heavy atom. The zero-order valence-electron chi connectivity index (χ0n) is 8.88. The second kappa shape index (κ2) is 6.44. The number of aliphatic hydroxyl groups excluding tert-OH is 1. The molecule has 0 saturated heterocycles. The second-order valence-electron chi connectivity index (χ2n) is 3.72. The van der Waals surface area contributed by atoms with Crippen LogP contribution in [0.3, 0.4) is 0 Å². The summed E-state index contributed by atoms with van der Waals surface area (Å²) in [6.07, 6.45) is 2.05. The number of hydrogen-bond donors (Lipinski definition) is 1. The van der Waals surface area contributed by atoms with Crippen molar-refractivity contribution in [1.82, 2.24) is 4.90 Å². The third-order valence-electron chi connectivity index (χ3n) is 2.40. The molecule has 0 aromatic rings. The van der Waals surface area contributed by atoms with Crippen molar-refractivity contribution in [1.29, 1.82) is 0 Å². The number of nitrogens with zero attached hydrogens (tertiary/aromatic N) is 1. The van der Waals surface area contributed by atoms with E-state index >= 15 is 0 Å². The molecule has 0 spiro atoms. The van der Waals surface area contributed by atoms with Gasteiger partial charge in [0.15, 0.2) is 0 Å². The Bertz CT molecular complexity index is 106. The van der Waals surface area contributed by atoms with Gasteiger partial charge in [0.25, 0.3) is 0 Å². The van der Waals surface area contributed by atoms with E-state index in [1.807, 2.05) is 0 Å². The van der Waals surface area contributed by atoms with Crippen LogP contribution in [0.5, 0.6) is 0 Å². The number of rotatable bonds is 6. The number of hydrogen-bond acceptors (Lipinski definition) is 2. The van der Waals surface area contributed by atoms with Gasteiger partial charge in [-0.3, -0.25) is 0 Å². The van der Waals surface area contributed by atoms with Crippen LogP contribution in [0, 0.1) is 5.92 Å². The molecule has 12 heavy (non-hydrogen) atoms. The summed E-state index contributed by atoms with van der Waals surface area (Å²) in [5.41, 5.74) is 0. The highest BCUT2D eigenvalue weighted by molar-refractivity contribution is 4.66. The molecular formula is C10H23NO. The Kier molecular flexibility index (Phi) is 6.39. The first-order valence-electron chi connectivity index (χ1n) is 4.98. The second-order valence-corrected chi connectivity index (χ2v) is 3.72. The fourth-order valence-electron chi connectivity index (χ4n) is 1.24. The highest BCUT2D eigenvalue weighted by Crippen LogP contribution is 2.08. The first kappa shape index (κ1) is 11.9. The third-order valence-corrected chi connectivity index (χ3v) is 2.40. The molecule has 0 aliphatic rings. The Hall–Kier alpha value is -0.0800. The summed E-state index contributed by atoms with van der Waals surface area (Å²) < 4.78 is 0. The standard InChI is InChI=1S/C10H23NO/c1-5-7-11(4)8-10(12)9(3)6-2/h9-10,12H,5-8H2,1-4H3. The Labute approximate surface area is 76.6 Å². The van der Waals surface area contributed by atoms with Crippen LogP contribution in [-0.4, -0.2) is 36.2 Å². The zero-order chi connectivity index (χ0) is 9.56. The molecule has 0 amide bonds. The molecule has 2 unspecified atom stereocenters. The Balaban J connectivity index is 3.59. The fraction of sp³-hybridized carbons (Fsp3) is 1.00. The minimum Gasteiger partial charge on any atom is -0.392 e. The normalized spacial score (nSPS) is 16.5. The molecule has 2 heteroatoms. The van der Waals surface area contributed by atoms with Crippen molar-refractivity contribution in [3.8, 4) is 0 Å². The molecule has 1 N–H and O–H groups in total. The van der Waals surface area contributed by atoms with Gasteiger partial charge in [-0.05, 0) is 25.9 Å². The molecule has 0 aliphatic carbocycles. The summed E-state index contributed by atoms with van der Waals surface area (Å²) in [5, 5.41) is 9.67. The van der Waals surface area contributed by atoms with E-state index in [0.717, 1.165) is 25.9 Å². The predicted octanol–water partition coefficient (Wildman–Crippen LogP) is 1.74. The maximum absolute atomic E-state index is 9.67. The highest BCUT2D eigenvalue weighted by atomic mass is 16.3. The number of likely N-dealkylation sites (N-methyl/N-ethyl adjacent to an activating group) is 1. The maximum Gasteiger partial charge on any atom is 0.0692 e. The van der Waals surface area contributed by atoms with Crippen molar-refractivity contribution in [2.45, 2.75) is 39.7 Å². The first-order chi connectivity index (χ1) is 5.61. The van der Waals surface area contributed by atoms with Crippen LogP contribution in [0.1, 0.15) is 33.6 Å². The van der Waals surface area contributed by atoms with Gasteiger partial charge in [-0.2, -0.15) is 0 Å². The quantitative estimate of drug-likeness (QED) is 0.661. The molecule has 0 aromatic heterocycles. The van der Waals surface area contributed by atoms with E-state index in [-0.39, 0.29) is 6.10 Å². The smallest absolute Gasteiger partial charge is 0.0692 e. The van der Waals surface area contributed by atoms with E-state index in [4.69, 9.17) is 0 Å². The van der Waals surface area contributed by atoms with Crippen LogP contribution in [0.2, 0.25) is 0 Å². The predicted molar refractivity (Wildman–Crippen MR) is 53.2 cm³/mol. The minimum atomic E-state index is -0.161. The lowest BCUT2D eigenvalue weighted by Gasteiger charge is -2.23. The van der Waals surface area contributed by atoms with E-state index in [0.29, 0.717) is 5.92 Å². The number of aliphatic hydroxyl groups is 1. The van der Waals surface area contributed by atoms with Gasteiger partial charge in [-0.1, -0.05) is 27.2 Å². The van der Waals surface area contributed by atoms with E-state index in [9.17, 15) is 5.11 Å². The Morgan fingerprint density at radius 3 is 2.33 bits per heavy atom. The molecular weight excluding hydrogens is 150 g/mol. The van der Waals surface area contributed by atoms with E-state index in [1.165, 1.54) is 0 Å². The average Bonchev–Trinajstić information content (AvgIpc) is 2.03. The average molecular weight is 173 g/mol. The van der Waals surface area contributed by atoms with Gasteiger partial charge in [0.2, 0.25) is 0 Å². The van der Waals surface area contributed by atoms with Gasteiger partial charge in [0.1, 0.15) is 0 Å². The largest absolute Gasteiger partial charge is 0.392 e. The van der Waals surface area contributed by atoms with Crippen molar-refractivity contribution in [2.75, 3.05) is 20.1 Å². The van der Waals surface area contributed by atoms with Crippen LogP contribution in [0.15, 0.2) is 0 Å². The maximum atomic E-state index is 9.67. The topological polar surface area (TPSA) is 23.5 Å². The molecule has 0 aromatic carbocycles. The van der Waals surface area contributed by atoms with Gasteiger partial charge < -0.3 is 10.0 Å². The highest BCUT2D eigenvalue weighted by Gasteiger charge is 2.13. The lowest BCUT2D eigenvalue weighted by molar-refractivity contribution is 0.0778. The molecule has 0 radical (unpaired) electrons. The van der Waals surface area contributed by atoms with E-state index in [1.54, 1.807) is 0 Å². The van der Waals surface area contributed by atoms with Crippen molar-refractivity contribution >= 4 is 0 Å². The molecule has 2 atom stereocenters. The summed E-state index contributed by atoms with van der Waals surface area (Å²) in [6, 6.07) is 0. The van der Waals surface area contributed by atoms with Crippen molar-refractivity contribution in [3.63, 3.8) is 0 Å². The molecule has 74 valence electrons. The lowest BCUT2D eigenvalue weighted by Crippen LogP contribution is -2.33. The van der Waals surface area contributed by atoms with Crippen LogP contribution in [0.4, 0.5) is 0 Å². The van der Waals surface area contributed by atoms with Crippen LogP contribution < -0.4 is 0 Å². The summed E-state index contributed by atoms with van der Waals surface area (Å²) in [6.45, 7) is 8.26. The third kappa shape index (κ3) is 4.73. The molecule has 0 bridgehead atoms. The van der Waals surface area contributed by atoms with Crippen molar-refractivity contribution in [2.24, 2.45) is 5.92 Å². The van der Waals surface area contributed by atoms with Gasteiger partial charge in [0, 0.05) is 6.54 Å². The molecule has 0 heterocycles. The van der Waals surface area contributed by atoms with Crippen molar-refractivity contribution < 1.29 is 5.11 Å². The summed E-state index contributed by atoms with van der Waals surface area (Å²) in [4.78, 5) is 2.19. The van der Waals surface area contributed by atoms with E-state index in [2.05, 4.69) is 32.7 Å². The summed E-state index contributed by atoms with van der Waals surface area (Å²) in [7, 11) is 2.06. The molecule has 0 saturated carbocycles. The fourth-order valence-corrected chi connectivity index (χ4v) is 1.24. The van der Waals surface area contributed by atoms with Gasteiger partial charge in [0.05, 0.1) is 6.10 Å². The molecule has 0 rings (SSSR count). The lowest BCUT2D eigenvalue weighted by atomic mass is 10.0. The summed E-state index contributed by atoms with van der Waals surface area (Å²) in [5.74, 6) is 0.421. The van der Waals surface area contributed by atoms with Crippen molar-refractivity contribution in [3.05, 3.63) is 0 Å². The Morgan fingerprint density at radius 1 is 1.33 bits per heavy atom. The zero-order valence-corrected chi connectivity index (χ0v) is 8.88. The van der Waals surface area contributed by atoms with Crippen LogP contribution in [-0.2, 0) is 0 Å². The SMILES string of the molecule is CCCN(C)CC(O)C(C)CC. The molecule has 2 nitrogen and oxygen atoms in total. The monoisotopic (exact) mass is 173 g/mol.